The molecule has 3 aromatic rings. The number of fused-ring (bicyclic) bond motifs is 1. The Morgan fingerprint density at radius 1 is 1.00 bits per heavy atom. The first-order valence-electron chi connectivity index (χ1n) is 11.3. The molecule has 0 spiro atoms. The van der Waals surface area contributed by atoms with Crippen LogP contribution in [0.3, 0.4) is 0 Å². The molecular formula is C28H28FNOS. The Hall–Kier alpha value is -2.72. The summed E-state index contributed by atoms with van der Waals surface area (Å²) in [6.07, 6.45) is 7.13. The number of para-hydroxylation sites is 1. The van der Waals surface area contributed by atoms with Gasteiger partial charge in [-0.2, -0.15) is 0 Å². The summed E-state index contributed by atoms with van der Waals surface area (Å²) in [5.41, 5.74) is 5.88. The predicted octanol–water partition coefficient (Wildman–Crippen LogP) is 6.69. The maximum Gasteiger partial charge on any atom is 0.123 e. The van der Waals surface area contributed by atoms with Crippen LogP contribution in [-0.2, 0) is 10.8 Å². The highest BCUT2D eigenvalue weighted by Crippen LogP contribution is 2.53. The van der Waals surface area contributed by atoms with Crippen molar-refractivity contribution in [2.75, 3.05) is 16.9 Å². The highest BCUT2D eigenvalue weighted by molar-refractivity contribution is 7.84. The van der Waals surface area contributed by atoms with Crippen LogP contribution in [0, 0.1) is 11.7 Å². The van der Waals surface area contributed by atoms with Crippen molar-refractivity contribution in [3.8, 4) is 0 Å². The molecule has 2 nitrogen and oxygen atoms in total. The molecule has 0 saturated heterocycles. The van der Waals surface area contributed by atoms with Gasteiger partial charge in [0, 0.05) is 28.5 Å². The fraction of sp³-hybridized carbons (Fsp3) is 0.286. The summed E-state index contributed by atoms with van der Waals surface area (Å²) in [4.78, 5) is 2.52. The summed E-state index contributed by atoms with van der Waals surface area (Å²) in [6, 6.07) is 26.3. The molecule has 1 aliphatic heterocycles. The predicted molar refractivity (Wildman–Crippen MR) is 131 cm³/mol. The fourth-order valence-corrected chi connectivity index (χ4v) is 5.52. The number of benzene rings is 3. The first-order valence-corrected chi connectivity index (χ1v) is 13.0. The van der Waals surface area contributed by atoms with Crippen molar-refractivity contribution in [2.24, 2.45) is 5.92 Å². The molecule has 5 rings (SSSR count). The average molecular weight is 446 g/mol. The van der Waals surface area contributed by atoms with E-state index in [2.05, 4.69) is 65.6 Å². The van der Waals surface area contributed by atoms with Gasteiger partial charge in [-0.05, 0) is 65.6 Å². The summed E-state index contributed by atoms with van der Waals surface area (Å²) in [5, 5.41) is 0. The van der Waals surface area contributed by atoms with Crippen molar-refractivity contribution in [2.45, 2.75) is 31.3 Å². The Labute approximate surface area is 192 Å². The van der Waals surface area contributed by atoms with E-state index in [4.69, 9.17) is 0 Å². The zero-order chi connectivity index (χ0) is 22.1. The van der Waals surface area contributed by atoms with Gasteiger partial charge in [0.2, 0.25) is 0 Å². The van der Waals surface area contributed by atoms with Crippen LogP contribution < -0.4 is 4.90 Å². The minimum atomic E-state index is -0.863. The summed E-state index contributed by atoms with van der Waals surface area (Å²) < 4.78 is 26.3. The van der Waals surface area contributed by atoms with Gasteiger partial charge in [-0.3, -0.25) is 4.21 Å². The van der Waals surface area contributed by atoms with Crippen LogP contribution in [-0.4, -0.2) is 16.2 Å². The second kappa shape index (κ2) is 9.03. The van der Waals surface area contributed by atoms with Gasteiger partial charge < -0.3 is 4.90 Å². The van der Waals surface area contributed by atoms with Crippen molar-refractivity contribution in [3.63, 3.8) is 0 Å². The molecule has 0 radical (unpaired) electrons. The quantitative estimate of drug-likeness (QED) is 0.404. The Kier molecular flexibility index (Phi) is 5.97. The Morgan fingerprint density at radius 3 is 2.47 bits per heavy atom. The van der Waals surface area contributed by atoms with Crippen LogP contribution in [0.25, 0.3) is 6.08 Å². The van der Waals surface area contributed by atoms with E-state index in [1.54, 1.807) is 12.3 Å². The van der Waals surface area contributed by atoms with Crippen molar-refractivity contribution in [3.05, 3.63) is 107 Å². The standard InChI is InChI=1S/C28H28FNOS/c1-32(31)17-16-24-18-22-10-5-6-13-26(22)30(27(24)20-8-3-2-4-9-20)28(21-14-15-21)23-11-7-12-25(29)19-23/h2-13,18-19,21,27-28H,14-17H2,1H3. The highest BCUT2D eigenvalue weighted by atomic mass is 32.2. The molecule has 0 aromatic heterocycles. The highest BCUT2D eigenvalue weighted by Gasteiger charge is 2.42. The van der Waals surface area contributed by atoms with Gasteiger partial charge in [0.25, 0.3) is 0 Å². The second-order valence-electron chi connectivity index (χ2n) is 8.86. The summed E-state index contributed by atoms with van der Waals surface area (Å²) in [5.74, 6) is 0.946. The van der Waals surface area contributed by atoms with E-state index in [9.17, 15) is 8.60 Å². The van der Waals surface area contributed by atoms with Crippen LogP contribution in [0.2, 0.25) is 0 Å². The molecule has 1 saturated carbocycles. The third kappa shape index (κ3) is 4.29. The molecule has 0 bridgehead atoms. The molecule has 1 heterocycles. The van der Waals surface area contributed by atoms with Crippen LogP contribution in [0.15, 0.2) is 84.4 Å². The molecule has 3 unspecified atom stereocenters. The topological polar surface area (TPSA) is 20.3 Å². The lowest BCUT2D eigenvalue weighted by Crippen LogP contribution is -2.37. The first-order chi connectivity index (χ1) is 15.6. The monoisotopic (exact) mass is 445 g/mol. The lowest BCUT2D eigenvalue weighted by molar-refractivity contribution is 0.505. The molecule has 4 heteroatoms. The summed E-state index contributed by atoms with van der Waals surface area (Å²) in [7, 11) is -0.863. The third-order valence-corrected chi connectivity index (χ3v) is 7.32. The van der Waals surface area contributed by atoms with Crippen LogP contribution >= 0.6 is 0 Å². The molecule has 1 fully saturated rings. The van der Waals surface area contributed by atoms with Crippen LogP contribution in [0.5, 0.6) is 0 Å². The van der Waals surface area contributed by atoms with E-state index in [0.717, 1.165) is 24.8 Å². The molecule has 0 amide bonds. The average Bonchev–Trinajstić information content (AvgIpc) is 3.63. The van der Waals surface area contributed by atoms with Gasteiger partial charge in [-0.25, -0.2) is 4.39 Å². The maximum atomic E-state index is 14.3. The smallest absolute Gasteiger partial charge is 0.123 e. The van der Waals surface area contributed by atoms with E-state index in [1.807, 2.05) is 12.1 Å². The van der Waals surface area contributed by atoms with Crippen molar-refractivity contribution >= 4 is 22.6 Å². The zero-order valence-electron chi connectivity index (χ0n) is 18.3. The summed E-state index contributed by atoms with van der Waals surface area (Å²) in [6.45, 7) is 0. The number of rotatable bonds is 7. The van der Waals surface area contributed by atoms with E-state index in [1.165, 1.54) is 28.5 Å². The maximum absolute atomic E-state index is 14.3. The van der Waals surface area contributed by atoms with Crippen molar-refractivity contribution < 1.29 is 8.60 Å². The van der Waals surface area contributed by atoms with Gasteiger partial charge >= 0.3 is 0 Å². The Balaban J connectivity index is 1.69. The van der Waals surface area contributed by atoms with E-state index in [-0.39, 0.29) is 17.9 Å². The van der Waals surface area contributed by atoms with E-state index < -0.39 is 10.8 Å². The molecule has 1 aliphatic carbocycles. The van der Waals surface area contributed by atoms with Crippen LogP contribution in [0.4, 0.5) is 10.1 Å². The van der Waals surface area contributed by atoms with E-state index in [0.29, 0.717) is 11.7 Å². The zero-order valence-corrected chi connectivity index (χ0v) is 19.1. The van der Waals surface area contributed by atoms with Gasteiger partial charge in [-0.15, -0.1) is 0 Å². The first kappa shape index (κ1) is 21.1. The second-order valence-corrected chi connectivity index (χ2v) is 10.4. The number of halogens is 1. The molecule has 3 aromatic carbocycles. The largest absolute Gasteiger partial charge is 0.353 e. The normalized spacial score (nSPS) is 19.8. The van der Waals surface area contributed by atoms with Crippen molar-refractivity contribution in [1.82, 2.24) is 0 Å². The molecule has 32 heavy (non-hydrogen) atoms. The SMILES string of the molecule is CS(=O)CCC1=Cc2ccccc2N(C(c2cccc(F)c2)C2CC2)C1c1ccccc1. The summed E-state index contributed by atoms with van der Waals surface area (Å²) >= 11 is 0. The number of anilines is 1. The molecule has 3 atom stereocenters. The van der Waals surface area contributed by atoms with Crippen molar-refractivity contribution in [1.29, 1.82) is 0 Å². The number of nitrogens with zero attached hydrogens (tertiary/aromatic N) is 1. The lowest BCUT2D eigenvalue weighted by Gasteiger charge is -2.45. The van der Waals surface area contributed by atoms with E-state index >= 15 is 0 Å². The number of hydrogen-bond acceptors (Lipinski definition) is 2. The molecule has 164 valence electrons. The Morgan fingerprint density at radius 2 is 1.75 bits per heavy atom. The molecule has 0 N–H and O–H groups in total. The fourth-order valence-electron chi connectivity index (χ4n) is 4.99. The number of hydrogen-bond donors (Lipinski definition) is 0. The molecular weight excluding hydrogens is 417 g/mol. The molecule has 2 aliphatic rings. The Bertz CT molecular complexity index is 1150. The van der Waals surface area contributed by atoms with Crippen LogP contribution in [0.1, 0.15) is 48.0 Å². The lowest BCUT2D eigenvalue weighted by atomic mass is 9.85. The van der Waals surface area contributed by atoms with Gasteiger partial charge in [0.05, 0.1) is 12.1 Å². The van der Waals surface area contributed by atoms with Gasteiger partial charge in [0.15, 0.2) is 0 Å². The minimum absolute atomic E-state index is 0.0310. The van der Waals surface area contributed by atoms with Gasteiger partial charge in [0.1, 0.15) is 5.82 Å². The third-order valence-electron chi connectivity index (χ3n) is 6.54. The van der Waals surface area contributed by atoms with Gasteiger partial charge in [-0.1, -0.05) is 66.7 Å². The minimum Gasteiger partial charge on any atom is -0.353 e.